The van der Waals surface area contributed by atoms with Crippen LogP contribution in [-0.2, 0) is 28.5 Å². The zero-order chi connectivity index (χ0) is 13.9. The molecule has 0 aromatic carbocycles. The Bertz CT molecular complexity index is 508. The van der Waals surface area contributed by atoms with E-state index >= 15 is 0 Å². The lowest BCUT2D eigenvalue weighted by Crippen LogP contribution is -2.48. The third-order valence-corrected chi connectivity index (χ3v) is 5.15. The van der Waals surface area contributed by atoms with Crippen molar-refractivity contribution in [3.8, 4) is 0 Å². The molecule has 8 heteroatoms. The maximum Gasteiger partial charge on any atom is 0.282 e. The van der Waals surface area contributed by atoms with Crippen LogP contribution in [0.5, 0.6) is 0 Å². The van der Waals surface area contributed by atoms with Crippen molar-refractivity contribution in [1.82, 2.24) is 18.4 Å². The summed E-state index contributed by atoms with van der Waals surface area (Å²) in [5, 5.41) is 4.06. The smallest absolute Gasteiger partial charge is 0.282 e. The van der Waals surface area contributed by atoms with Crippen molar-refractivity contribution in [3.63, 3.8) is 0 Å². The molecule has 1 aliphatic rings. The van der Waals surface area contributed by atoms with Crippen molar-refractivity contribution in [3.05, 3.63) is 18.0 Å². The molecule has 2 heterocycles. The van der Waals surface area contributed by atoms with Gasteiger partial charge in [0, 0.05) is 45.0 Å². The highest BCUT2D eigenvalue weighted by Crippen LogP contribution is 2.14. The van der Waals surface area contributed by atoms with Gasteiger partial charge in [-0.3, -0.25) is 4.68 Å². The molecule has 1 aromatic heterocycles. The summed E-state index contributed by atoms with van der Waals surface area (Å²) < 4.78 is 34.8. The minimum atomic E-state index is -3.41. The van der Waals surface area contributed by atoms with Gasteiger partial charge in [0.25, 0.3) is 10.2 Å². The summed E-state index contributed by atoms with van der Waals surface area (Å²) in [4.78, 5) is 0. The third-order valence-electron chi connectivity index (χ3n) is 3.09. The molecule has 7 nitrogen and oxygen atoms in total. The lowest BCUT2D eigenvalue weighted by molar-refractivity contribution is 0.0701. The average molecular weight is 288 g/mol. The van der Waals surface area contributed by atoms with Crippen molar-refractivity contribution in [2.75, 3.05) is 32.8 Å². The summed E-state index contributed by atoms with van der Waals surface area (Å²) in [6.45, 7) is 4.40. The van der Waals surface area contributed by atoms with E-state index < -0.39 is 10.2 Å². The highest BCUT2D eigenvalue weighted by atomic mass is 32.2. The second kappa shape index (κ2) is 6.00. The number of aromatic nitrogens is 2. The molecular formula is C11H20N4O3S. The molecule has 1 saturated heterocycles. The fourth-order valence-electron chi connectivity index (χ4n) is 2.05. The number of morpholine rings is 1. The van der Waals surface area contributed by atoms with Crippen molar-refractivity contribution in [2.24, 2.45) is 7.05 Å². The van der Waals surface area contributed by atoms with E-state index in [-0.39, 0.29) is 0 Å². The van der Waals surface area contributed by atoms with Gasteiger partial charge in [0.1, 0.15) is 0 Å². The number of aryl methyl sites for hydroxylation is 1. The van der Waals surface area contributed by atoms with E-state index in [9.17, 15) is 8.42 Å². The van der Waals surface area contributed by atoms with Crippen LogP contribution in [-0.4, -0.2) is 59.7 Å². The summed E-state index contributed by atoms with van der Waals surface area (Å²) in [5.41, 5.74) is 0.890. The second-order valence-electron chi connectivity index (χ2n) is 4.47. The second-order valence-corrected chi connectivity index (χ2v) is 6.40. The lowest BCUT2D eigenvalue weighted by atomic mass is 10.3. The van der Waals surface area contributed by atoms with Crippen molar-refractivity contribution < 1.29 is 13.2 Å². The monoisotopic (exact) mass is 288 g/mol. The number of nitrogens with zero attached hydrogens (tertiary/aromatic N) is 4. The Kier molecular flexibility index (Phi) is 4.56. The summed E-state index contributed by atoms with van der Waals surface area (Å²) in [7, 11) is -1.60. The van der Waals surface area contributed by atoms with Crippen LogP contribution >= 0.6 is 0 Å². The summed E-state index contributed by atoms with van der Waals surface area (Å²) in [6.07, 6.45) is 3.52. The van der Waals surface area contributed by atoms with Gasteiger partial charge in [-0.25, -0.2) is 0 Å². The highest BCUT2D eigenvalue weighted by Gasteiger charge is 2.30. The normalized spacial score (nSPS) is 18.1. The highest BCUT2D eigenvalue weighted by molar-refractivity contribution is 7.86. The predicted molar refractivity (Wildman–Crippen MR) is 70.6 cm³/mol. The molecule has 1 aromatic rings. The molecule has 1 fully saturated rings. The van der Waals surface area contributed by atoms with Gasteiger partial charge >= 0.3 is 0 Å². The SMILES string of the molecule is CCN(Cc1cnn(C)c1)S(=O)(=O)N1CCOCC1. The first-order valence-corrected chi connectivity index (χ1v) is 7.74. The average Bonchev–Trinajstić information content (AvgIpc) is 2.82. The first-order chi connectivity index (χ1) is 9.04. The van der Waals surface area contributed by atoms with Crippen LogP contribution in [0.4, 0.5) is 0 Å². The minimum absolute atomic E-state index is 0.351. The van der Waals surface area contributed by atoms with Crippen LogP contribution in [0.25, 0.3) is 0 Å². The Balaban J connectivity index is 2.11. The molecule has 0 radical (unpaired) electrons. The fourth-order valence-corrected chi connectivity index (χ4v) is 3.63. The van der Waals surface area contributed by atoms with Crippen molar-refractivity contribution >= 4 is 10.2 Å². The van der Waals surface area contributed by atoms with Gasteiger partial charge in [0.2, 0.25) is 0 Å². The third kappa shape index (κ3) is 3.33. The Morgan fingerprint density at radius 2 is 2.11 bits per heavy atom. The standard InChI is InChI=1S/C11H20N4O3S/c1-3-14(10-11-8-12-13(2)9-11)19(16,17)15-4-6-18-7-5-15/h8-9H,3-7,10H2,1-2H3. The van der Waals surface area contributed by atoms with Crippen LogP contribution in [0.2, 0.25) is 0 Å². The van der Waals surface area contributed by atoms with Crippen LogP contribution < -0.4 is 0 Å². The van der Waals surface area contributed by atoms with E-state index in [1.165, 1.54) is 8.61 Å². The number of hydrogen-bond acceptors (Lipinski definition) is 4. The predicted octanol–water partition coefficient (Wildman–Crippen LogP) is -0.181. The van der Waals surface area contributed by atoms with E-state index in [1.54, 1.807) is 10.9 Å². The van der Waals surface area contributed by atoms with E-state index in [1.807, 2.05) is 20.2 Å². The Labute approximate surface area is 113 Å². The molecule has 0 bridgehead atoms. The molecular weight excluding hydrogens is 268 g/mol. The Morgan fingerprint density at radius 1 is 1.42 bits per heavy atom. The molecule has 0 N–H and O–H groups in total. The molecule has 0 amide bonds. The molecule has 2 rings (SSSR count). The Morgan fingerprint density at radius 3 is 2.63 bits per heavy atom. The zero-order valence-electron chi connectivity index (χ0n) is 11.3. The molecule has 0 unspecified atom stereocenters. The van der Waals surface area contributed by atoms with Crippen LogP contribution in [0.1, 0.15) is 12.5 Å². The van der Waals surface area contributed by atoms with Gasteiger partial charge in [-0.1, -0.05) is 6.92 Å². The van der Waals surface area contributed by atoms with Crippen LogP contribution in [0, 0.1) is 0 Å². The van der Waals surface area contributed by atoms with E-state index in [0.717, 1.165) is 5.56 Å². The van der Waals surface area contributed by atoms with Crippen LogP contribution in [0.15, 0.2) is 12.4 Å². The maximum absolute atomic E-state index is 12.5. The first-order valence-electron chi connectivity index (χ1n) is 6.34. The fraction of sp³-hybridized carbons (Fsp3) is 0.727. The van der Waals surface area contributed by atoms with Crippen molar-refractivity contribution in [1.29, 1.82) is 0 Å². The number of ether oxygens (including phenoxy) is 1. The first kappa shape index (κ1) is 14.4. The molecule has 108 valence electrons. The zero-order valence-corrected chi connectivity index (χ0v) is 12.1. The van der Waals surface area contributed by atoms with Crippen molar-refractivity contribution in [2.45, 2.75) is 13.5 Å². The van der Waals surface area contributed by atoms with Gasteiger partial charge in [-0.15, -0.1) is 0 Å². The van der Waals surface area contributed by atoms with E-state index in [0.29, 0.717) is 39.4 Å². The molecule has 1 aliphatic heterocycles. The summed E-state index contributed by atoms with van der Waals surface area (Å²) in [5.74, 6) is 0. The minimum Gasteiger partial charge on any atom is -0.379 e. The van der Waals surface area contributed by atoms with Gasteiger partial charge in [-0.2, -0.15) is 22.1 Å². The van der Waals surface area contributed by atoms with Gasteiger partial charge in [0.05, 0.1) is 19.4 Å². The van der Waals surface area contributed by atoms with Gasteiger partial charge in [0.15, 0.2) is 0 Å². The topological polar surface area (TPSA) is 67.7 Å². The number of hydrogen-bond donors (Lipinski definition) is 0. The molecule has 0 aliphatic carbocycles. The Hall–Kier alpha value is -0.960. The van der Waals surface area contributed by atoms with Gasteiger partial charge in [-0.05, 0) is 0 Å². The van der Waals surface area contributed by atoms with Gasteiger partial charge < -0.3 is 4.74 Å². The summed E-state index contributed by atoms with van der Waals surface area (Å²) >= 11 is 0. The van der Waals surface area contributed by atoms with E-state index in [4.69, 9.17) is 4.74 Å². The summed E-state index contributed by atoms with van der Waals surface area (Å²) in [6, 6.07) is 0. The lowest BCUT2D eigenvalue weighted by Gasteiger charge is -2.31. The largest absolute Gasteiger partial charge is 0.379 e. The molecule has 0 saturated carbocycles. The molecule has 0 spiro atoms. The van der Waals surface area contributed by atoms with E-state index in [2.05, 4.69) is 5.10 Å². The van der Waals surface area contributed by atoms with Crippen LogP contribution in [0.3, 0.4) is 0 Å². The molecule has 19 heavy (non-hydrogen) atoms. The molecule has 0 atom stereocenters. The quantitative estimate of drug-likeness (QED) is 0.754. The number of rotatable bonds is 5. The maximum atomic E-state index is 12.5.